The molecule has 5 heteroatoms. The Morgan fingerprint density at radius 2 is 2.11 bits per heavy atom. The molecule has 1 unspecified atom stereocenters. The molecule has 2 heterocycles. The lowest BCUT2D eigenvalue weighted by Gasteiger charge is -2.21. The van der Waals surface area contributed by atoms with Gasteiger partial charge in [0.25, 0.3) is 0 Å². The molecule has 0 fully saturated rings. The highest BCUT2D eigenvalue weighted by molar-refractivity contribution is 5.46. The lowest BCUT2D eigenvalue weighted by atomic mass is 9.97. The number of imidazole rings is 1. The first-order valence-corrected chi connectivity index (χ1v) is 6.36. The van der Waals surface area contributed by atoms with Gasteiger partial charge in [-0.2, -0.15) is 0 Å². The van der Waals surface area contributed by atoms with E-state index in [4.69, 9.17) is 15.2 Å². The van der Waals surface area contributed by atoms with E-state index in [1.54, 1.807) is 6.20 Å². The fraction of sp³-hybridized carbons (Fsp3) is 0.357. The highest BCUT2D eigenvalue weighted by Crippen LogP contribution is 2.34. The molecule has 0 bridgehead atoms. The van der Waals surface area contributed by atoms with E-state index in [9.17, 15) is 0 Å². The highest BCUT2D eigenvalue weighted by Gasteiger charge is 2.20. The largest absolute Gasteiger partial charge is 0.486 e. The van der Waals surface area contributed by atoms with Crippen LogP contribution < -0.4 is 15.2 Å². The summed E-state index contributed by atoms with van der Waals surface area (Å²) in [7, 11) is 1.98. The number of nitrogens with zero attached hydrogens (tertiary/aromatic N) is 2. The van der Waals surface area contributed by atoms with Crippen LogP contribution in [0.1, 0.15) is 17.3 Å². The Kier molecular flexibility index (Phi) is 3.13. The summed E-state index contributed by atoms with van der Waals surface area (Å²) in [5.41, 5.74) is 7.01. The van der Waals surface area contributed by atoms with Crippen LogP contribution in [0.15, 0.2) is 30.6 Å². The molecule has 1 aromatic heterocycles. The highest BCUT2D eigenvalue weighted by atomic mass is 16.6. The number of nitrogens with two attached hydrogens (primary N) is 1. The molecule has 0 spiro atoms. The third-order valence-corrected chi connectivity index (χ3v) is 3.37. The summed E-state index contributed by atoms with van der Waals surface area (Å²) in [5, 5.41) is 0. The average Bonchev–Trinajstić information content (AvgIpc) is 2.86. The predicted octanol–water partition coefficient (Wildman–Crippen LogP) is 1.28. The maximum absolute atomic E-state index is 5.92. The van der Waals surface area contributed by atoms with E-state index in [1.807, 2.05) is 36.0 Å². The van der Waals surface area contributed by atoms with Crippen molar-refractivity contribution in [3.63, 3.8) is 0 Å². The molecule has 1 aromatic carbocycles. The van der Waals surface area contributed by atoms with Gasteiger partial charge >= 0.3 is 0 Å². The van der Waals surface area contributed by atoms with E-state index in [0.717, 1.165) is 22.9 Å². The molecule has 2 N–H and O–H groups in total. The number of aryl methyl sites for hydroxylation is 1. The van der Waals surface area contributed by atoms with Crippen LogP contribution in [0.3, 0.4) is 0 Å². The number of hydrogen-bond donors (Lipinski definition) is 1. The molecule has 1 atom stereocenters. The summed E-state index contributed by atoms with van der Waals surface area (Å²) in [4.78, 5) is 4.39. The number of benzene rings is 1. The Morgan fingerprint density at radius 1 is 1.32 bits per heavy atom. The summed E-state index contributed by atoms with van der Waals surface area (Å²) < 4.78 is 13.1. The van der Waals surface area contributed by atoms with Gasteiger partial charge in [-0.25, -0.2) is 4.98 Å². The number of rotatable bonds is 3. The first kappa shape index (κ1) is 12.0. The van der Waals surface area contributed by atoms with Gasteiger partial charge < -0.3 is 19.8 Å². The molecule has 5 nitrogen and oxygen atoms in total. The predicted molar refractivity (Wildman–Crippen MR) is 71.5 cm³/mol. The zero-order valence-electron chi connectivity index (χ0n) is 10.9. The summed E-state index contributed by atoms with van der Waals surface area (Å²) in [6.45, 7) is 1.70. The summed E-state index contributed by atoms with van der Waals surface area (Å²) >= 11 is 0. The normalized spacial score (nSPS) is 15.3. The molecule has 19 heavy (non-hydrogen) atoms. The molecule has 0 radical (unpaired) electrons. The molecular weight excluding hydrogens is 242 g/mol. The molecule has 0 saturated heterocycles. The van der Waals surface area contributed by atoms with Gasteiger partial charge in [0.15, 0.2) is 11.5 Å². The van der Waals surface area contributed by atoms with Crippen LogP contribution in [0.4, 0.5) is 0 Å². The minimum absolute atomic E-state index is 0.0656. The van der Waals surface area contributed by atoms with Crippen LogP contribution in [0, 0.1) is 0 Å². The van der Waals surface area contributed by atoms with Crippen molar-refractivity contribution in [2.75, 3.05) is 19.8 Å². The topological polar surface area (TPSA) is 62.3 Å². The van der Waals surface area contributed by atoms with Gasteiger partial charge in [0.2, 0.25) is 0 Å². The zero-order chi connectivity index (χ0) is 13.2. The van der Waals surface area contributed by atoms with E-state index < -0.39 is 0 Å². The molecular formula is C14H17N3O2. The van der Waals surface area contributed by atoms with Gasteiger partial charge in [-0.3, -0.25) is 0 Å². The molecule has 0 saturated carbocycles. The van der Waals surface area contributed by atoms with Crippen molar-refractivity contribution >= 4 is 0 Å². The van der Waals surface area contributed by atoms with Crippen LogP contribution in [0.25, 0.3) is 0 Å². The smallest absolute Gasteiger partial charge is 0.161 e. The second kappa shape index (κ2) is 4.93. The number of fused-ring (bicyclic) bond motifs is 1. The summed E-state index contributed by atoms with van der Waals surface area (Å²) in [6.07, 6.45) is 3.71. The van der Waals surface area contributed by atoms with Crippen LogP contribution in [0.5, 0.6) is 11.5 Å². The van der Waals surface area contributed by atoms with Gasteiger partial charge in [0.1, 0.15) is 19.0 Å². The minimum Gasteiger partial charge on any atom is -0.486 e. The summed E-state index contributed by atoms with van der Waals surface area (Å²) in [5.74, 6) is 2.61. The first-order valence-electron chi connectivity index (χ1n) is 6.36. The Balaban J connectivity index is 1.98. The van der Waals surface area contributed by atoms with Gasteiger partial charge in [-0.15, -0.1) is 0 Å². The molecule has 100 valence electrons. The van der Waals surface area contributed by atoms with Crippen molar-refractivity contribution in [1.29, 1.82) is 0 Å². The fourth-order valence-electron chi connectivity index (χ4n) is 2.38. The fourth-order valence-corrected chi connectivity index (χ4v) is 2.38. The van der Waals surface area contributed by atoms with E-state index in [2.05, 4.69) is 4.98 Å². The van der Waals surface area contributed by atoms with Gasteiger partial charge in [0.05, 0.1) is 5.92 Å². The van der Waals surface area contributed by atoms with Gasteiger partial charge in [0, 0.05) is 26.0 Å². The molecule has 2 aromatic rings. The maximum atomic E-state index is 5.92. The second-order valence-corrected chi connectivity index (χ2v) is 4.59. The third-order valence-electron chi connectivity index (χ3n) is 3.37. The first-order chi connectivity index (χ1) is 9.29. The third kappa shape index (κ3) is 2.17. The standard InChI is InChI=1S/C14H17N3O2/c1-17-5-4-16-14(17)11(9-15)10-2-3-12-13(8-10)19-7-6-18-12/h2-5,8,11H,6-7,9,15H2,1H3. The Morgan fingerprint density at radius 3 is 2.79 bits per heavy atom. The monoisotopic (exact) mass is 259 g/mol. The van der Waals surface area contributed by atoms with Crippen LogP contribution >= 0.6 is 0 Å². The SMILES string of the molecule is Cn1ccnc1C(CN)c1ccc2c(c1)OCCO2. The lowest BCUT2D eigenvalue weighted by Crippen LogP contribution is -2.19. The average molecular weight is 259 g/mol. The summed E-state index contributed by atoms with van der Waals surface area (Å²) in [6, 6.07) is 5.97. The van der Waals surface area contributed by atoms with E-state index in [1.165, 1.54) is 0 Å². The van der Waals surface area contributed by atoms with Crippen molar-refractivity contribution in [2.24, 2.45) is 12.8 Å². The van der Waals surface area contributed by atoms with Crippen molar-refractivity contribution < 1.29 is 9.47 Å². The van der Waals surface area contributed by atoms with Crippen LogP contribution in [-0.2, 0) is 7.05 Å². The molecule has 1 aliphatic heterocycles. The van der Waals surface area contributed by atoms with Gasteiger partial charge in [-0.1, -0.05) is 6.07 Å². The zero-order valence-corrected chi connectivity index (χ0v) is 10.9. The van der Waals surface area contributed by atoms with Crippen molar-refractivity contribution in [1.82, 2.24) is 9.55 Å². The molecule has 3 rings (SSSR count). The Bertz CT molecular complexity index is 580. The maximum Gasteiger partial charge on any atom is 0.161 e. The number of aromatic nitrogens is 2. The van der Waals surface area contributed by atoms with Crippen molar-refractivity contribution in [3.8, 4) is 11.5 Å². The Hall–Kier alpha value is -2.01. The van der Waals surface area contributed by atoms with Crippen molar-refractivity contribution in [2.45, 2.75) is 5.92 Å². The molecule has 0 aliphatic carbocycles. The second-order valence-electron chi connectivity index (χ2n) is 4.59. The number of hydrogen-bond acceptors (Lipinski definition) is 4. The van der Waals surface area contributed by atoms with Gasteiger partial charge in [-0.05, 0) is 17.7 Å². The van der Waals surface area contributed by atoms with Crippen LogP contribution in [0.2, 0.25) is 0 Å². The molecule has 0 amide bonds. The van der Waals surface area contributed by atoms with Crippen molar-refractivity contribution in [3.05, 3.63) is 42.0 Å². The molecule has 1 aliphatic rings. The van der Waals surface area contributed by atoms with Crippen LogP contribution in [-0.4, -0.2) is 29.3 Å². The van der Waals surface area contributed by atoms with E-state index in [0.29, 0.717) is 19.8 Å². The quantitative estimate of drug-likeness (QED) is 0.902. The van der Waals surface area contributed by atoms with E-state index >= 15 is 0 Å². The number of ether oxygens (including phenoxy) is 2. The lowest BCUT2D eigenvalue weighted by molar-refractivity contribution is 0.171. The Labute approximate surface area is 112 Å². The minimum atomic E-state index is 0.0656. The van der Waals surface area contributed by atoms with E-state index in [-0.39, 0.29) is 5.92 Å².